The van der Waals surface area contributed by atoms with E-state index < -0.39 is 0 Å². The topological polar surface area (TPSA) is 82.5 Å². The summed E-state index contributed by atoms with van der Waals surface area (Å²) in [4.78, 5) is 29.7. The molecule has 0 atom stereocenters. The molecule has 2 heterocycles. The summed E-state index contributed by atoms with van der Waals surface area (Å²) in [5, 5.41) is 14.5. The maximum atomic E-state index is 12.1. The minimum Gasteiger partial charge on any atom is -0.507 e. The van der Waals surface area contributed by atoms with Gasteiger partial charge in [0.25, 0.3) is 5.91 Å². The summed E-state index contributed by atoms with van der Waals surface area (Å²) in [5.74, 6) is 0.383. The van der Waals surface area contributed by atoms with Crippen molar-refractivity contribution in [2.45, 2.75) is 19.4 Å². The monoisotopic (exact) mass is 297 g/mol. The number of aromatic hydroxyl groups is 1. The van der Waals surface area contributed by atoms with Gasteiger partial charge in [0, 0.05) is 31.1 Å². The molecule has 22 heavy (non-hydrogen) atoms. The molecule has 2 amide bonds. The summed E-state index contributed by atoms with van der Waals surface area (Å²) in [5.41, 5.74) is 1.13. The van der Waals surface area contributed by atoms with E-state index in [2.05, 4.69) is 10.3 Å². The highest BCUT2D eigenvalue weighted by molar-refractivity contribution is 6.07. The van der Waals surface area contributed by atoms with Gasteiger partial charge < -0.3 is 15.3 Å². The van der Waals surface area contributed by atoms with E-state index in [9.17, 15) is 14.7 Å². The van der Waals surface area contributed by atoms with E-state index in [1.54, 1.807) is 30.3 Å². The quantitative estimate of drug-likeness (QED) is 0.886. The molecule has 6 heteroatoms. The van der Waals surface area contributed by atoms with Crippen LogP contribution >= 0.6 is 0 Å². The number of amides is 2. The number of hydrogen-bond donors (Lipinski definition) is 2. The molecular weight excluding hydrogens is 282 g/mol. The van der Waals surface area contributed by atoms with Crippen LogP contribution in [0, 0.1) is 5.92 Å². The number of rotatable bonds is 2. The van der Waals surface area contributed by atoms with E-state index in [1.165, 1.54) is 0 Å². The molecule has 0 saturated heterocycles. The van der Waals surface area contributed by atoms with Crippen LogP contribution in [0.15, 0.2) is 18.3 Å². The molecule has 0 radical (unpaired) electrons. The third-order valence-corrected chi connectivity index (χ3v) is 4.27. The van der Waals surface area contributed by atoms with E-state index in [-0.39, 0.29) is 23.5 Å². The first-order valence-corrected chi connectivity index (χ1v) is 7.25. The van der Waals surface area contributed by atoms with Gasteiger partial charge in [0.2, 0.25) is 5.91 Å². The molecule has 1 fully saturated rings. The number of carbonyl (C=O) groups is 2. The number of phenols is 1. The zero-order valence-corrected chi connectivity index (χ0v) is 12.1. The number of nitrogens with zero attached hydrogens (tertiary/aromatic N) is 2. The van der Waals surface area contributed by atoms with Crippen LogP contribution in [0.2, 0.25) is 0 Å². The van der Waals surface area contributed by atoms with E-state index in [0.717, 1.165) is 29.2 Å². The molecule has 4 rings (SSSR count). The molecule has 0 unspecified atom stereocenters. The fraction of sp³-hybridized carbons (Fsp3) is 0.312. The average molecular weight is 297 g/mol. The van der Waals surface area contributed by atoms with Crippen molar-refractivity contribution in [3.05, 3.63) is 29.5 Å². The number of pyridine rings is 1. The van der Waals surface area contributed by atoms with E-state index in [4.69, 9.17) is 0 Å². The number of carbonyl (C=O) groups excluding carboxylic acids is 2. The van der Waals surface area contributed by atoms with Crippen LogP contribution in [0.25, 0.3) is 10.8 Å². The Kier molecular flexibility index (Phi) is 2.63. The predicted molar refractivity (Wildman–Crippen MR) is 80.6 cm³/mol. The van der Waals surface area contributed by atoms with Gasteiger partial charge in [-0.1, -0.05) is 0 Å². The third kappa shape index (κ3) is 1.91. The highest BCUT2D eigenvalue weighted by Crippen LogP contribution is 2.37. The summed E-state index contributed by atoms with van der Waals surface area (Å²) >= 11 is 0. The maximum Gasteiger partial charge on any atom is 0.258 e. The van der Waals surface area contributed by atoms with E-state index in [1.807, 2.05) is 0 Å². The lowest BCUT2D eigenvalue weighted by Gasteiger charge is -2.09. The Morgan fingerprint density at radius 3 is 2.91 bits per heavy atom. The Morgan fingerprint density at radius 1 is 1.41 bits per heavy atom. The third-order valence-electron chi connectivity index (χ3n) is 4.27. The molecule has 2 aromatic rings. The number of fused-ring (bicyclic) bond motifs is 3. The fourth-order valence-corrected chi connectivity index (χ4v) is 2.90. The minimum absolute atomic E-state index is 0.00420. The minimum atomic E-state index is -0.185. The summed E-state index contributed by atoms with van der Waals surface area (Å²) in [6.45, 7) is 0.444. The largest absolute Gasteiger partial charge is 0.507 e. The number of anilines is 1. The van der Waals surface area contributed by atoms with Gasteiger partial charge in [-0.05, 0) is 35.9 Å². The second-order valence-corrected chi connectivity index (χ2v) is 5.96. The van der Waals surface area contributed by atoms with Gasteiger partial charge in [-0.3, -0.25) is 9.59 Å². The zero-order valence-electron chi connectivity index (χ0n) is 12.1. The molecule has 1 aliphatic carbocycles. The molecule has 1 aromatic heterocycles. The van der Waals surface area contributed by atoms with Gasteiger partial charge in [0.1, 0.15) is 11.6 Å². The first-order chi connectivity index (χ1) is 10.5. The first kappa shape index (κ1) is 13.1. The smallest absolute Gasteiger partial charge is 0.258 e. The summed E-state index contributed by atoms with van der Waals surface area (Å²) in [7, 11) is 1.70. The van der Waals surface area contributed by atoms with Gasteiger partial charge in [-0.2, -0.15) is 0 Å². The molecule has 2 aliphatic rings. The van der Waals surface area contributed by atoms with Crippen molar-refractivity contribution in [1.29, 1.82) is 0 Å². The molecular formula is C16H15N3O3. The lowest BCUT2D eigenvalue weighted by Crippen LogP contribution is -2.17. The zero-order chi connectivity index (χ0) is 15.4. The van der Waals surface area contributed by atoms with Gasteiger partial charge in [0.05, 0.1) is 5.56 Å². The van der Waals surface area contributed by atoms with Crippen molar-refractivity contribution in [3.8, 4) is 5.75 Å². The second kappa shape index (κ2) is 4.43. The maximum absolute atomic E-state index is 12.1. The molecule has 0 spiro atoms. The lowest BCUT2D eigenvalue weighted by atomic mass is 10.0. The Bertz CT molecular complexity index is 827. The van der Waals surface area contributed by atoms with Crippen LogP contribution in [-0.2, 0) is 11.3 Å². The van der Waals surface area contributed by atoms with Crippen LogP contribution in [0.4, 0.5) is 5.82 Å². The molecule has 1 saturated carbocycles. The van der Waals surface area contributed by atoms with Crippen molar-refractivity contribution in [2.75, 3.05) is 12.4 Å². The number of hydrogen-bond acceptors (Lipinski definition) is 4. The predicted octanol–water partition coefficient (Wildman–Crippen LogP) is 1.87. The molecule has 0 bridgehead atoms. The summed E-state index contributed by atoms with van der Waals surface area (Å²) in [6, 6.07) is 3.32. The highest BCUT2D eigenvalue weighted by atomic mass is 16.3. The second-order valence-electron chi connectivity index (χ2n) is 5.96. The number of aromatic nitrogens is 1. The van der Waals surface area contributed by atoms with Crippen LogP contribution in [-0.4, -0.2) is 33.9 Å². The number of nitrogens with one attached hydrogen (secondary N) is 1. The van der Waals surface area contributed by atoms with Crippen molar-refractivity contribution in [2.24, 2.45) is 5.92 Å². The van der Waals surface area contributed by atoms with Crippen LogP contribution in [0.5, 0.6) is 5.75 Å². The molecule has 6 nitrogen and oxygen atoms in total. The van der Waals surface area contributed by atoms with Crippen molar-refractivity contribution < 1.29 is 14.7 Å². The molecule has 1 aromatic carbocycles. The normalized spacial score (nSPS) is 17.0. The number of phenolic OH excluding ortho intramolecular Hbond substituents is 1. The molecule has 1 aliphatic heterocycles. The Balaban J connectivity index is 1.82. The average Bonchev–Trinajstić information content (AvgIpc) is 3.28. The fourth-order valence-electron chi connectivity index (χ4n) is 2.90. The van der Waals surface area contributed by atoms with E-state index in [0.29, 0.717) is 17.9 Å². The standard InChI is InChI=1S/C16H15N3O3/c1-19-7-11-10-5-13(18-15(21)8-2-3-8)17-6-9(10)4-12(20)14(11)16(19)22/h4-6,8,20H,2-3,7H2,1H3,(H,17,18,21). The van der Waals surface area contributed by atoms with Crippen molar-refractivity contribution >= 4 is 28.4 Å². The number of benzene rings is 1. The highest BCUT2D eigenvalue weighted by Gasteiger charge is 2.31. The molecule has 112 valence electrons. The van der Waals surface area contributed by atoms with Crippen molar-refractivity contribution in [3.63, 3.8) is 0 Å². The first-order valence-electron chi connectivity index (χ1n) is 7.25. The lowest BCUT2D eigenvalue weighted by molar-refractivity contribution is -0.117. The van der Waals surface area contributed by atoms with Gasteiger partial charge >= 0.3 is 0 Å². The summed E-state index contributed by atoms with van der Waals surface area (Å²) in [6.07, 6.45) is 3.48. The molecule has 2 N–H and O–H groups in total. The van der Waals surface area contributed by atoms with E-state index >= 15 is 0 Å². The van der Waals surface area contributed by atoms with Crippen LogP contribution < -0.4 is 5.32 Å². The Hall–Kier alpha value is -2.63. The summed E-state index contributed by atoms with van der Waals surface area (Å²) < 4.78 is 0. The van der Waals surface area contributed by atoms with Crippen molar-refractivity contribution in [1.82, 2.24) is 9.88 Å². The SMILES string of the molecule is CN1Cc2c(c(O)cc3cnc(NC(=O)C4CC4)cc23)C1=O. The van der Waals surface area contributed by atoms with Gasteiger partial charge in [0.15, 0.2) is 0 Å². The Labute approximate surface area is 126 Å². The van der Waals surface area contributed by atoms with Crippen LogP contribution in [0.3, 0.4) is 0 Å². The van der Waals surface area contributed by atoms with Crippen LogP contribution in [0.1, 0.15) is 28.8 Å². The van der Waals surface area contributed by atoms with Gasteiger partial charge in [-0.25, -0.2) is 4.98 Å². The Morgan fingerprint density at radius 2 is 2.18 bits per heavy atom. The van der Waals surface area contributed by atoms with Gasteiger partial charge in [-0.15, -0.1) is 0 Å².